The van der Waals surface area contributed by atoms with E-state index >= 15 is 0 Å². The maximum Gasteiger partial charge on any atom is 0.407 e. The quantitative estimate of drug-likeness (QED) is 0.588. The molecule has 8 heteroatoms. The van der Waals surface area contributed by atoms with Crippen LogP contribution in [0.4, 0.5) is 4.79 Å². The van der Waals surface area contributed by atoms with Crippen molar-refractivity contribution in [2.75, 3.05) is 25.2 Å². The molecule has 1 heterocycles. The Bertz CT molecular complexity index is 1040. The molecule has 0 spiro atoms. The molecule has 7 nitrogen and oxygen atoms in total. The zero-order valence-corrected chi connectivity index (χ0v) is 20.3. The Balaban J connectivity index is 1.45. The summed E-state index contributed by atoms with van der Waals surface area (Å²) in [6.07, 6.45) is 2.67. The number of likely N-dealkylation sites (tertiary alicyclic amines) is 1. The number of nitrogens with zero attached hydrogens (tertiary/aromatic N) is 1. The summed E-state index contributed by atoms with van der Waals surface area (Å²) in [5.74, 6) is -0.821. The van der Waals surface area contributed by atoms with Gasteiger partial charge in [-0.05, 0) is 60.4 Å². The molecule has 0 radical (unpaired) electrons. The third kappa shape index (κ3) is 4.51. The number of carbonyl (C=O) groups excluding carboxylic acids is 2. The summed E-state index contributed by atoms with van der Waals surface area (Å²) in [4.78, 5) is 39.3. The van der Waals surface area contributed by atoms with E-state index in [1.54, 1.807) is 18.7 Å². The van der Waals surface area contributed by atoms with E-state index in [1.165, 1.54) is 4.90 Å². The standard InChI is InChI=1S/C26H30N2O5S/c1-26(24(30)31)13-7-14-28(26)23(29)22(12-15-34-2)27-25(32)33-16-21-19-10-5-3-8-17(19)18-9-4-6-11-20(18)21/h3-6,8-11,21-22H,7,12-16H2,1-2H3,(H,27,32)(H,30,31)/t22-,26+/m1/s1. The molecule has 1 fully saturated rings. The summed E-state index contributed by atoms with van der Waals surface area (Å²) in [7, 11) is 0. The normalized spacial score (nSPS) is 19.9. The number of hydrogen-bond acceptors (Lipinski definition) is 5. The van der Waals surface area contributed by atoms with Crippen LogP contribution in [0.3, 0.4) is 0 Å². The third-order valence-corrected chi connectivity index (χ3v) is 7.56. The Morgan fingerprint density at radius 1 is 1.15 bits per heavy atom. The van der Waals surface area contributed by atoms with Crippen molar-refractivity contribution >= 4 is 29.7 Å². The highest BCUT2D eigenvalue weighted by Crippen LogP contribution is 2.44. The molecule has 34 heavy (non-hydrogen) atoms. The van der Waals surface area contributed by atoms with Gasteiger partial charge < -0.3 is 20.1 Å². The van der Waals surface area contributed by atoms with Crippen LogP contribution >= 0.6 is 11.8 Å². The molecular weight excluding hydrogens is 452 g/mol. The topological polar surface area (TPSA) is 95.9 Å². The van der Waals surface area contributed by atoms with Gasteiger partial charge in [0, 0.05) is 12.5 Å². The van der Waals surface area contributed by atoms with Gasteiger partial charge in [-0.1, -0.05) is 48.5 Å². The Hall–Kier alpha value is -3.00. The number of carboxylic acids is 1. The van der Waals surface area contributed by atoms with Crippen LogP contribution in [0.2, 0.25) is 0 Å². The monoisotopic (exact) mass is 482 g/mol. The van der Waals surface area contributed by atoms with Gasteiger partial charge in [-0.3, -0.25) is 4.79 Å². The minimum atomic E-state index is -1.25. The van der Waals surface area contributed by atoms with Crippen molar-refractivity contribution in [1.29, 1.82) is 0 Å². The summed E-state index contributed by atoms with van der Waals surface area (Å²) in [6, 6.07) is 15.3. The molecule has 1 saturated heterocycles. The van der Waals surface area contributed by atoms with Crippen molar-refractivity contribution in [2.45, 2.75) is 43.7 Å². The number of thioether (sulfide) groups is 1. The predicted molar refractivity (Wildman–Crippen MR) is 132 cm³/mol. The molecule has 0 bridgehead atoms. The van der Waals surface area contributed by atoms with Crippen LogP contribution in [0.5, 0.6) is 0 Å². The van der Waals surface area contributed by atoms with E-state index in [-0.39, 0.29) is 18.4 Å². The van der Waals surface area contributed by atoms with Gasteiger partial charge in [0.1, 0.15) is 18.2 Å². The van der Waals surface area contributed by atoms with Crippen molar-refractivity contribution in [3.63, 3.8) is 0 Å². The van der Waals surface area contributed by atoms with Crippen LogP contribution in [-0.2, 0) is 14.3 Å². The molecule has 4 rings (SSSR count). The fourth-order valence-electron chi connectivity index (χ4n) is 5.00. The molecule has 1 aliphatic carbocycles. The molecule has 1 aliphatic heterocycles. The number of benzene rings is 2. The molecule has 2 N–H and O–H groups in total. The molecule has 0 aromatic heterocycles. The molecule has 2 aliphatic rings. The van der Waals surface area contributed by atoms with Gasteiger partial charge in [-0.2, -0.15) is 11.8 Å². The van der Waals surface area contributed by atoms with Crippen molar-refractivity contribution in [1.82, 2.24) is 10.2 Å². The molecule has 0 unspecified atom stereocenters. The Labute approximate surface area is 203 Å². The van der Waals surface area contributed by atoms with E-state index in [4.69, 9.17) is 4.74 Å². The van der Waals surface area contributed by atoms with Crippen LogP contribution in [0.15, 0.2) is 48.5 Å². The average Bonchev–Trinajstić information content (AvgIpc) is 3.39. The van der Waals surface area contributed by atoms with Crippen LogP contribution in [0.25, 0.3) is 11.1 Å². The summed E-state index contributed by atoms with van der Waals surface area (Å²) < 4.78 is 5.62. The molecule has 2 aromatic rings. The van der Waals surface area contributed by atoms with Gasteiger partial charge in [-0.15, -0.1) is 0 Å². The van der Waals surface area contributed by atoms with Crippen molar-refractivity contribution in [2.24, 2.45) is 0 Å². The summed E-state index contributed by atoms with van der Waals surface area (Å²) in [5.41, 5.74) is 3.25. The number of nitrogens with one attached hydrogen (secondary N) is 1. The van der Waals surface area contributed by atoms with Gasteiger partial charge in [0.2, 0.25) is 5.91 Å². The molecule has 2 atom stereocenters. The highest BCUT2D eigenvalue weighted by Gasteiger charge is 2.47. The van der Waals surface area contributed by atoms with E-state index in [0.29, 0.717) is 31.6 Å². The van der Waals surface area contributed by atoms with E-state index in [9.17, 15) is 19.5 Å². The SMILES string of the molecule is CSCC[C@@H](NC(=O)OCC1c2ccccc2-c2ccccc21)C(=O)N1CCC[C@@]1(C)C(=O)O. The van der Waals surface area contributed by atoms with E-state index < -0.39 is 23.6 Å². The average molecular weight is 483 g/mol. The van der Waals surface area contributed by atoms with Crippen molar-refractivity contribution < 1.29 is 24.2 Å². The maximum absolute atomic E-state index is 13.3. The van der Waals surface area contributed by atoms with Crippen molar-refractivity contribution in [3.05, 3.63) is 59.7 Å². The fourth-order valence-corrected chi connectivity index (χ4v) is 5.47. The lowest BCUT2D eigenvalue weighted by Crippen LogP contribution is -2.57. The Morgan fingerprint density at radius 3 is 2.35 bits per heavy atom. The van der Waals surface area contributed by atoms with E-state index in [0.717, 1.165) is 22.3 Å². The van der Waals surface area contributed by atoms with Crippen LogP contribution in [0, 0.1) is 0 Å². The lowest BCUT2D eigenvalue weighted by atomic mass is 9.98. The number of amides is 2. The van der Waals surface area contributed by atoms with Gasteiger partial charge in [0.05, 0.1) is 0 Å². The molecule has 180 valence electrons. The number of aliphatic carboxylic acids is 1. The number of rotatable bonds is 8. The highest BCUT2D eigenvalue weighted by molar-refractivity contribution is 7.98. The zero-order valence-electron chi connectivity index (χ0n) is 19.5. The fraction of sp³-hybridized carbons (Fsp3) is 0.423. The van der Waals surface area contributed by atoms with Gasteiger partial charge in [0.15, 0.2) is 0 Å². The second kappa shape index (κ2) is 10.1. The summed E-state index contributed by atoms with van der Waals surface area (Å²) >= 11 is 1.56. The number of carbonyl (C=O) groups is 3. The van der Waals surface area contributed by atoms with Gasteiger partial charge in [0.25, 0.3) is 0 Å². The second-order valence-corrected chi connectivity index (χ2v) is 9.96. The van der Waals surface area contributed by atoms with E-state index in [2.05, 4.69) is 17.4 Å². The largest absolute Gasteiger partial charge is 0.480 e. The number of ether oxygens (including phenoxy) is 1. The number of hydrogen-bond donors (Lipinski definition) is 2. The predicted octanol–water partition coefficient (Wildman–Crippen LogP) is 4.11. The molecule has 0 saturated carbocycles. The van der Waals surface area contributed by atoms with Gasteiger partial charge in [-0.25, -0.2) is 9.59 Å². The zero-order chi connectivity index (χ0) is 24.3. The first kappa shape index (κ1) is 24.1. The number of alkyl carbamates (subject to hydrolysis) is 1. The first-order valence-electron chi connectivity index (χ1n) is 11.5. The van der Waals surface area contributed by atoms with Crippen LogP contribution in [0.1, 0.15) is 43.2 Å². The first-order valence-corrected chi connectivity index (χ1v) is 12.9. The highest BCUT2D eigenvalue weighted by atomic mass is 32.2. The molecular formula is C26H30N2O5S. The first-order chi connectivity index (χ1) is 16.4. The summed E-state index contributed by atoms with van der Waals surface area (Å²) in [6.45, 7) is 2.09. The van der Waals surface area contributed by atoms with E-state index in [1.807, 2.05) is 42.7 Å². The van der Waals surface area contributed by atoms with Crippen LogP contribution < -0.4 is 5.32 Å². The Morgan fingerprint density at radius 2 is 1.76 bits per heavy atom. The van der Waals surface area contributed by atoms with Crippen molar-refractivity contribution in [3.8, 4) is 11.1 Å². The number of fused-ring (bicyclic) bond motifs is 3. The molecule has 2 aromatic carbocycles. The van der Waals surface area contributed by atoms with Gasteiger partial charge >= 0.3 is 12.1 Å². The second-order valence-electron chi connectivity index (χ2n) is 8.98. The third-order valence-electron chi connectivity index (χ3n) is 6.91. The lowest BCUT2D eigenvalue weighted by Gasteiger charge is -2.34. The Kier molecular flexibility index (Phi) is 7.16. The summed E-state index contributed by atoms with van der Waals surface area (Å²) in [5, 5.41) is 12.4. The number of carboxylic acid groups (broad SMARTS) is 1. The van der Waals surface area contributed by atoms with Crippen LogP contribution in [-0.4, -0.2) is 64.7 Å². The smallest absolute Gasteiger partial charge is 0.407 e. The lowest BCUT2D eigenvalue weighted by molar-refractivity contribution is -0.156. The maximum atomic E-state index is 13.3. The minimum Gasteiger partial charge on any atom is -0.480 e. The minimum absolute atomic E-state index is 0.0765. The molecule has 2 amide bonds.